The SMILES string of the molecule is COC(=O)c1c(NC(=O)C(C)OC(=O)c2cccc(N)c2)sc2c1CCC(C(C)(C)C)C2. The molecule has 1 aliphatic carbocycles. The van der Waals surface area contributed by atoms with Gasteiger partial charge in [-0.3, -0.25) is 4.79 Å². The molecule has 0 fully saturated rings. The van der Waals surface area contributed by atoms with E-state index in [0.717, 1.165) is 29.7 Å². The number of benzene rings is 1. The normalized spacial score (nSPS) is 16.6. The van der Waals surface area contributed by atoms with Gasteiger partial charge in [0.2, 0.25) is 0 Å². The van der Waals surface area contributed by atoms with E-state index in [9.17, 15) is 14.4 Å². The Bertz CT molecular complexity index is 1040. The van der Waals surface area contributed by atoms with Crippen LogP contribution in [0.15, 0.2) is 24.3 Å². The Labute approximate surface area is 192 Å². The summed E-state index contributed by atoms with van der Waals surface area (Å²) in [6.45, 7) is 8.14. The van der Waals surface area contributed by atoms with Crippen molar-refractivity contribution in [1.82, 2.24) is 0 Å². The number of thiophene rings is 1. The number of carbonyl (C=O) groups is 3. The first-order chi connectivity index (χ1) is 15.0. The van der Waals surface area contributed by atoms with E-state index < -0.39 is 23.9 Å². The molecule has 0 aliphatic heterocycles. The van der Waals surface area contributed by atoms with Gasteiger partial charge in [-0.15, -0.1) is 11.3 Å². The van der Waals surface area contributed by atoms with Crippen molar-refractivity contribution in [3.63, 3.8) is 0 Å². The van der Waals surface area contributed by atoms with E-state index in [0.29, 0.717) is 22.2 Å². The van der Waals surface area contributed by atoms with Crippen molar-refractivity contribution < 1.29 is 23.9 Å². The quantitative estimate of drug-likeness (QED) is 0.506. The number of esters is 2. The Morgan fingerprint density at radius 1 is 1.22 bits per heavy atom. The summed E-state index contributed by atoms with van der Waals surface area (Å²) in [5.41, 5.74) is 7.90. The Morgan fingerprint density at radius 2 is 1.94 bits per heavy atom. The van der Waals surface area contributed by atoms with Crippen molar-refractivity contribution in [3.05, 3.63) is 45.8 Å². The number of nitrogens with one attached hydrogen (secondary N) is 1. The molecule has 1 aromatic heterocycles. The number of nitrogen functional groups attached to an aromatic ring is 1. The lowest BCUT2D eigenvalue weighted by Gasteiger charge is -2.33. The maximum Gasteiger partial charge on any atom is 0.341 e. The fraction of sp³-hybridized carbons (Fsp3) is 0.458. The molecule has 1 aliphatic rings. The van der Waals surface area contributed by atoms with Gasteiger partial charge in [-0.1, -0.05) is 26.8 Å². The van der Waals surface area contributed by atoms with Crippen LogP contribution < -0.4 is 11.1 Å². The highest BCUT2D eigenvalue weighted by molar-refractivity contribution is 7.17. The van der Waals surface area contributed by atoms with E-state index in [1.54, 1.807) is 18.2 Å². The van der Waals surface area contributed by atoms with Gasteiger partial charge in [-0.05, 0) is 61.3 Å². The summed E-state index contributed by atoms with van der Waals surface area (Å²) in [6, 6.07) is 6.35. The molecule has 1 heterocycles. The lowest BCUT2D eigenvalue weighted by molar-refractivity contribution is -0.123. The topological polar surface area (TPSA) is 108 Å². The first-order valence-electron chi connectivity index (χ1n) is 10.6. The number of ether oxygens (including phenoxy) is 2. The van der Waals surface area contributed by atoms with Gasteiger partial charge < -0.3 is 20.5 Å². The van der Waals surface area contributed by atoms with E-state index >= 15 is 0 Å². The Balaban J connectivity index is 1.78. The third kappa shape index (κ3) is 5.12. The number of carbonyl (C=O) groups excluding carboxylic acids is 3. The highest BCUT2D eigenvalue weighted by Crippen LogP contribution is 2.44. The first kappa shape index (κ1) is 23.8. The number of methoxy groups -OCH3 is 1. The van der Waals surface area contributed by atoms with E-state index in [-0.39, 0.29) is 11.0 Å². The number of anilines is 2. The van der Waals surface area contributed by atoms with Gasteiger partial charge in [0.05, 0.1) is 18.2 Å². The maximum atomic E-state index is 12.8. The van der Waals surface area contributed by atoms with Crippen molar-refractivity contribution in [1.29, 1.82) is 0 Å². The van der Waals surface area contributed by atoms with Crippen molar-refractivity contribution in [2.75, 3.05) is 18.2 Å². The average molecular weight is 459 g/mol. The molecule has 1 aromatic carbocycles. The van der Waals surface area contributed by atoms with E-state index in [1.807, 2.05) is 0 Å². The van der Waals surface area contributed by atoms with E-state index in [2.05, 4.69) is 26.1 Å². The molecule has 32 heavy (non-hydrogen) atoms. The number of fused-ring (bicyclic) bond motifs is 1. The second-order valence-electron chi connectivity index (χ2n) is 9.17. The minimum absolute atomic E-state index is 0.153. The Morgan fingerprint density at radius 3 is 2.56 bits per heavy atom. The molecule has 3 N–H and O–H groups in total. The molecule has 2 unspecified atom stereocenters. The van der Waals surface area contributed by atoms with Crippen LogP contribution in [0.2, 0.25) is 0 Å². The largest absolute Gasteiger partial charge is 0.465 e. The molecule has 3 rings (SSSR count). The van der Waals surface area contributed by atoms with Crippen LogP contribution in [0, 0.1) is 11.3 Å². The molecule has 7 nitrogen and oxygen atoms in total. The van der Waals surface area contributed by atoms with Crippen LogP contribution in [0.25, 0.3) is 0 Å². The molecule has 0 saturated heterocycles. The monoisotopic (exact) mass is 458 g/mol. The summed E-state index contributed by atoms with van der Waals surface area (Å²) in [4.78, 5) is 38.8. The van der Waals surface area contributed by atoms with Crippen molar-refractivity contribution in [2.45, 2.75) is 53.1 Å². The van der Waals surface area contributed by atoms with Crippen LogP contribution in [-0.2, 0) is 27.1 Å². The predicted octanol–water partition coefficient (Wildman–Crippen LogP) is 4.45. The molecule has 8 heteroatoms. The van der Waals surface area contributed by atoms with E-state index in [1.165, 1.54) is 31.4 Å². The van der Waals surface area contributed by atoms with Crippen LogP contribution in [0.4, 0.5) is 10.7 Å². The molecular formula is C24H30N2O5S. The predicted molar refractivity (Wildman–Crippen MR) is 125 cm³/mol. The maximum absolute atomic E-state index is 12.8. The highest BCUT2D eigenvalue weighted by atomic mass is 32.1. The fourth-order valence-electron chi connectivity index (χ4n) is 3.89. The molecule has 1 amide bonds. The highest BCUT2D eigenvalue weighted by Gasteiger charge is 2.34. The smallest absolute Gasteiger partial charge is 0.341 e. The van der Waals surface area contributed by atoms with Crippen LogP contribution >= 0.6 is 11.3 Å². The minimum Gasteiger partial charge on any atom is -0.465 e. The van der Waals surface area contributed by atoms with Gasteiger partial charge in [0.25, 0.3) is 5.91 Å². The zero-order valence-corrected chi connectivity index (χ0v) is 19.9. The molecule has 2 aromatic rings. The molecular weight excluding hydrogens is 428 g/mol. The molecule has 0 bridgehead atoms. The van der Waals surface area contributed by atoms with Gasteiger partial charge in [0, 0.05) is 10.6 Å². The molecule has 0 saturated carbocycles. The second kappa shape index (κ2) is 9.32. The number of nitrogens with two attached hydrogens (primary N) is 1. The average Bonchev–Trinajstić information content (AvgIpc) is 3.09. The third-order valence-corrected chi connectivity index (χ3v) is 7.06. The zero-order valence-electron chi connectivity index (χ0n) is 19.1. The first-order valence-corrected chi connectivity index (χ1v) is 11.4. The van der Waals surface area contributed by atoms with Gasteiger partial charge in [0.15, 0.2) is 6.10 Å². The summed E-state index contributed by atoms with van der Waals surface area (Å²) >= 11 is 1.40. The van der Waals surface area contributed by atoms with Gasteiger partial charge >= 0.3 is 11.9 Å². The van der Waals surface area contributed by atoms with Crippen molar-refractivity contribution >= 4 is 39.9 Å². The van der Waals surface area contributed by atoms with Crippen molar-refractivity contribution in [3.8, 4) is 0 Å². The molecule has 2 atom stereocenters. The Kier molecular flexibility index (Phi) is 6.93. The van der Waals surface area contributed by atoms with Crippen molar-refractivity contribution in [2.24, 2.45) is 11.3 Å². The summed E-state index contributed by atoms with van der Waals surface area (Å²) < 4.78 is 10.3. The lowest BCUT2D eigenvalue weighted by Crippen LogP contribution is -2.30. The summed E-state index contributed by atoms with van der Waals surface area (Å²) in [6.07, 6.45) is 1.52. The van der Waals surface area contributed by atoms with Crippen LogP contribution in [0.1, 0.15) is 65.3 Å². The van der Waals surface area contributed by atoms with Gasteiger partial charge in [-0.2, -0.15) is 0 Å². The lowest BCUT2D eigenvalue weighted by atomic mass is 9.72. The number of amides is 1. The van der Waals surface area contributed by atoms with Crippen LogP contribution in [-0.4, -0.2) is 31.1 Å². The summed E-state index contributed by atoms with van der Waals surface area (Å²) in [7, 11) is 1.33. The second-order valence-corrected chi connectivity index (χ2v) is 10.3. The standard InChI is InChI=1S/C24H30N2O5S/c1-13(31-22(28)14-7-6-8-16(25)11-14)20(27)26-21-19(23(29)30-5)17-10-9-15(24(2,3)4)12-18(17)32-21/h6-8,11,13,15H,9-10,12,25H2,1-5H3,(H,26,27). The Hall–Kier alpha value is -2.87. The molecule has 172 valence electrons. The summed E-state index contributed by atoms with van der Waals surface area (Å²) in [5.74, 6) is -1.15. The van der Waals surface area contributed by atoms with E-state index in [4.69, 9.17) is 15.2 Å². The number of hydrogen-bond donors (Lipinski definition) is 2. The molecule has 0 radical (unpaired) electrons. The minimum atomic E-state index is -1.06. The van der Waals surface area contributed by atoms with Crippen LogP contribution in [0.5, 0.6) is 0 Å². The van der Waals surface area contributed by atoms with Gasteiger partial charge in [-0.25, -0.2) is 9.59 Å². The third-order valence-electron chi connectivity index (χ3n) is 5.89. The molecule has 0 spiro atoms. The number of hydrogen-bond acceptors (Lipinski definition) is 7. The fourth-order valence-corrected chi connectivity index (χ4v) is 5.21. The summed E-state index contributed by atoms with van der Waals surface area (Å²) in [5, 5.41) is 3.22. The zero-order chi connectivity index (χ0) is 23.6. The van der Waals surface area contributed by atoms with Gasteiger partial charge in [0.1, 0.15) is 5.00 Å². The number of rotatable bonds is 5. The van der Waals surface area contributed by atoms with Crippen LogP contribution in [0.3, 0.4) is 0 Å².